The number of piperazine rings is 1. The van der Waals surface area contributed by atoms with Crippen molar-refractivity contribution in [2.24, 2.45) is 0 Å². The molecule has 1 aromatic heterocycles. The Hall–Kier alpha value is -1.95. The number of hydrogen-bond acceptors (Lipinski definition) is 4. The molecule has 2 N–H and O–H groups in total. The van der Waals surface area contributed by atoms with Crippen LogP contribution in [0.4, 0.5) is 10.3 Å². The second-order valence-electron chi connectivity index (χ2n) is 5.82. The second-order valence-corrected chi connectivity index (χ2v) is 5.82. The van der Waals surface area contributed by atoms with Crippen molar-refractivity contribution >= 4 is 5.95 Å². The molecule has 3 rings (SSSR count). The molecule has 6 heteroatoms. The van der Waals surface area contributed by atoms with Gasteiger partial charge in [-0.1, -0.05) is 6.07 Å². The van der Waals surface area contributed by atoms with Crippen LogP contribution in [0.25, 0.3) is 11.4 Å². The molecule has 0 bridgehead atoms. The van der Waals surface area contributed by atoms with Crippen molar-refractivity contribution in [2.75, 3.05) is 18.0 Å². The van der Waals surface area contributed by atoms with E-state index in [9.17, 15) is 4.39 Å². The topological polar surface area (TPSA) is 56.8 Å². The summed E-state index contributed by atoms with van der Waals surface area (Å²) in [7, 11) is 0. The van der Waals surface area contributed by atoms with Gasteiger partial charge in [0.25, 0.3) is 0 Å². The average Bonchev–Trinajstić information content (AvgIpc) is 2.90. The molecule has 1 aromatic carbocycles. The minimum atomic E-state index is -0.266. The van der Waals surface area contributed by atoms with Crippen molar-refractivity contribution < 1.29 is 4.39 Å². The third-order valence-electron chi connectivity index (χ3n) is 3.77. The van der Waals surface area contributed by atoms with Crippen LogP contribution in [-0.2, 0) is 0 Å². The summed E-state index contributed by atoms with van der Waals surface area (Å²) in [5.74, 6) is 1.02. The van der Waals surface area contributed by atoms with E-state index in [2.05, 4.69) is 39.2 Å². The molecule has 1 aliphatic rings. The highest BCUT2D eigenvalue weighted by Crippen LogP contribution is 2.23. The van der Waals surface area contributed by atoms with Crippen molar-refractivity contribution in [1.29, 1.82) is 0 Å². The summed E-state index contributed by atoms with van der Waals surface area (Å²) in [6.45, 7) is 7.96. The fraction of sp³-hybridized carbons (Fsp3) is 0.467. The lowest BCUT2D eigenvalue weighted by molar-refractivity contribution is 0.403. The molecular formula is C15H20FN5. The Bertz CT molecular complexity index is 629. The van der Waals surface area contributed by atoms with E-state index in [1.54, 1.807) is 6.07 Å². The van der Waals surface area contributed by atoms with Crippen LogP contribution in [-0.4, -0.2) is 40.4 Å². The number of nitrogens with zero attached hydrogens (tertiary/aromatic N) is 3. The van der Waals surface area contributed by atoms with E-state index in [1.165, 1.54) is 12.1 Å². The van der Waals surface area contributed by atoms with Gasteiger partial charge < -0.3 is 10.2 Å². The number of aromatic nitrogens is 3. The van der Waals surface area contributed by atoms with Gasteiger partial charge in [0.2, 0.25) is 5.95 Å². The maximum absolute atomic E-state index is 13.4. The molecule has 0 spiro atoms. The van der Waals surface area contributed by atoms with Crippen molar-refractivity contribution in [3.05, 3.63) is 29.6 Å². The predicted octanol–water partition coefficient (Wildman–Crippen LogP) is 2.11. The lowest BCUT2D eigenvalue weighted by Gasteiger charge is -2.35. The Balaban J connectivity index is 1.88. The zero-order chi connectivity index (χ0) is 15.0. The second kappa shape index (κ2) is 5.44. The Labute approximate surface area is 123 Å². The first-order chi connectivity index (χ1) is 10.0. The highest BCUT2D eigenvalue weighted by Gasteiger charge is 2.24. The molecule has 1 fully saturated rings. The highest BCUT2D eigenvalue weighted by atomic mass is 19.1. The average molecular weight is 289 g/mol. The zero-order valence-corrected chi connectivity index (χ0v) is 12.5. The molecule has 2 heterocycles. The Kier molecular flexibility index (Phi) is 3.63. The van der Waals surface area contributed by atoms with E-state index < -0.39 is 0 Å². The summed E-state index contributed by atoms with van der Waals surface area (Å²) >= 11 is 0. The summed E-state index contributed by atoms with van der Waals surface area (Å²) in [6.07, 6.45) is 0. The molecule has 2 unspecified atom stereocenters. The summed E-state index contributed by atoms with van der Waals surface area (Å²) < 4.78 is 13.4. The first kappa shape index (κ1) is 14.0. The Morgan fingerprint density at radius 1 is 1.24 bits per heavy atom. The zero-order valence-electron chi connectivity index (χ0n) is 12.5. The summed E-state index contributed by atoms with van der Waals surface area (Å²) in [5, 5.41) is 10.7. The third-order valence-corrected chi connectivity index (χ3v) is 3.77. The number of benzene rings is 1. The van der Waals surface area contributed by atoms with Gasteiger partial charge in [-0.2, -0.15) is 4.98 Å². The fourth-order valence-electron chi connectivity index (χ4n) is 2.85. The van der Waals surface area contributed by atoms with E-state index in [1.807, 2.05) is 6.92 Å². The van der Waals surface area contributed by atoms with Crippen LogP contribution in [0.2, 0.25) is 0 Å². The number of aryl methyl sites for hydroxylation is 1. The first-order valence-corrected chi connectivity index (χ1v) is 7.23. The predicted molar refractivity (Wildman–Crippen MR) is 80.8 cm³/mol. The highest BCUT2D eigenvalue weighted by molar-refractivity contribution is 5.61. The van der Waals surface area contributed by atoms with Crippen LogP contribution in [0.1, 0.15) is 19.4 Å². The van der Waals surface area contributed by atoms with Crippen molar-refractivity contribution in [3.8, 4) is 11.4 Å². The molecule has 1 aliphatic heterocycles. The quantitative estimate of drug-likeness (QED) is 0.889. The van der Waals surface area contributed by atoms with Crippen LogP contribution >= 0.6 is 0 Å². The fourth-order valence-corrected chi connectivity index (χ4v) is 2.85. The molecule has 1 saturated heterocycles. The number of anilines is 1. The Morgan fingerprint density at radius 3 is 2.67 bits per heavy atom. The number of H-pyrrole nitrogens is 1. The minimum Gasteiger partial charge on any atom is -0.336 e. The summed E-state index contributed by atoms with van der Waals surface area (Å²) in [4.78, 5) is 6.69. The largest absolute Gasteiger partial charge is 0.336 e. The number of nitrogens with one attached hydrogen (secondary N) is 2. The normalized spacial score (nSPS) is 22.6. The van der Waals surface area contributed by atoms with Gasteiger partial charge in [-0.05, 0) is 38.5 Å². The smallest absolute Gasteiger partial charge is 0.245 e. The molecule has 0 saturated carbocycles. The van der Waals surface area contributed by atoms with Crippen molar-refractivity contribution in [3.63, 3.8) is 0 Å². The first-order valence-electron chi connectivity index (χ1n) is 7.23. The van der Waals surface area contributed by atoms with Crippen molar-refractivity contribution in [1.82, 2.24) is 20.5 Å². The molecular weight excluding hydrogens is 269 g/mol. The molecule has 2 atom stereocenters. The van der Waals surface area contributed by atoms with E-state index in [4.69, 9.17) is 0 Å². The van der Waals surface area contributed by atoms with E-state index in [0.717, 1.165) is 24.2 Å². The van der Waals surface area contributed by atoms with Crippen LogP contribution in [0.5, 0.6) is 0 Å². The number of rotatable bonds is 2. The standard InChI is InChI=1S/C15H20FN5/c1-9-4-5-12(16)6-13(9)14-18-15(20-19-14)21-7-10(2)17-11(3)8-21/h4-6,10-11,17H,7-8H2,1-3H3,(H,18,19,20). The molecule has 5 nitrogen and oxygen atoms in total. The van der Waals surface area contributed by atoms with Gasteiger partial charge in [0, 0.05) is 30.7 Å². The van der Waals surface area contributed by atoms with E-state index in [0.29, 0.717) is 23.9 Å². The van der Waals surface area contributed by atoms with Gasteiger partial charge in [0.15, 0.2) is 5.82 Å². The maximum Gasteiger partial charge on any atom is 0.245 e. The van der Waals surface area contributed by atoms with Crippen LogP contribution in [0.3, 0.4) is 0 Å². The van der Waals surface area contributed by atoms with Gasteiger partial charge >= 0.3 is 0 Å². The van der Waals surface area contributed by atoms with E-state index >= 15 is 0 Å². The van der Waals surface area contributed by atoms with Gasteiger partial charge in [-0.15, -0.1) is 5.10 Å². The van der Waals surface area contributed by atoms with Gasteiger partial charge in [-0.25, -0.2) is 4.39 Å². The number of hydrogen-bond donors (Lipinski definition) is 2. The van der Waals surface area contributed by atoms with E-state index in [-0.39, 0.29) is 5.82 Å². The van der Waals surface area contributed by atoms with Gasteiger partial charge in [-0.3, -0.25) is 5.10 Å². The maximum atomic E-state index is 13.4. The molecule has 112 valence electrons. The van der Waals surface area contributed by atoms with Crippen molar-refractivity contribution in [2.45, 2.75) is 32.9 Å². The lowest BCUT2D eigenvalue weighted by Crippen LogP contribution is -2.54. The third kappa shape index (κ3) is 2.90. The monoisotopic (exact) mass is 289 g/mol. The van der Waals surface area contributed by atoms with Crippen LogP contribution < -0.4 is 10.2 Å². The van der Waals surface area contributed by atoms with Crippen LogP contribution in [0.15, 0.2) is 18.2 Å². The number of aromatic amines is 1. The lowest BCUT2D eigenvalue weighted by atomic mass is 10.1. The van der Waals surface area contributed by atoms with Gasteiger partial charge in [0.1, 0.15) is 5.82 Å². The molecule has 21 heavy (non-hydrogen) atoms. The number of halogens is 1. The summed E-state index contributed by atoms with van der Waals surface area (Å²) in [5.41, 5.74) is 1.73. The molecule has 0 amide bonds. The molecule has 0 aliphatic carbocycles. The summed E-state index contributed by atoms with van der Waals surface area (Å²) in [6, 6.07) is 5.48. The Morgan fingerprint density at radius 2 is 1.95 bits per heavy atom. The molecule has 2 aromatic rings. The SMILES string of the molecule is Cc1ccc(F)cc1-c1nc(N2CC(C)NC(C)C2)n[nH]1. The minimum absolute atomic E-state index is 0.266. The van der Waals surface area contributed by atoms with Gasteiger partial charge in [0.05, 0.1) is 0 Å². The van der Waals surface area contributed by atoms with Crippen LogP contribution in [0, 0.1) is 12.7 Å². The molecule has 0 radical (unpaired) electrons.